The van der Waals surface area contributed by atoms with Gasteiger partial charge in [0.25, 0.3) is 0 Å². The standard InChI is InChI=1S/C15H19NO/c17-15-10-3-4-11-16(15)14-9-5-7-12-6-1-2-8-13(12)14/h1-2,6,8,14H,3-5,7,9-11H2/t14-/m1/s1. The first-order chi connectivity index (χ1) is 8.36. The summed E-state index contributed by atoms with van der Waals surface area (Å²) in [6.45, 7) is 0.956. The van der Waals surface area contributed by atoms with E-state index in [9.17, 15) is 4.79 Å². The monoisotopic (exact) mass is 229 g/mol. The molecular weight excluding hydrogens is 210 g/mol. The molecule has 0 N–H and O–H groups in total. The molecule has 0 aromatic heterocycles. The minimum Gasteiger partial charge on any atom is -0.336 e. The molecule has 0 radical (unpaired) electrons. The van der Waals surface area contributed by atoms with E-state index >= 15 is 0 Å². The molecule has 1 saturated heterocycles. The van der Waals surface area contributed by atoms with E-state index in [0.29, 0.717) is 11.9 Å². The SMILES string of the molecule is O=C1CCCCN1[C@@H]1CCCc2ccccc21. The number of nitrogens with zero attached hydrogens (tertiary/aromatic N) is 1. The molecule has 1 aliphatic carbocycles. The Morgan fingerprint density at radius 1 is 1.06 bits per heavy atom. The molecule has 0 saturated carbocycles. The first kappa shape index (κ1) is 10.8. The van der Waals surface area contributed by atoms with Crippen molar-refractivity contribution in [1.29, 1.82) is 0 Å². The molecule has 2 heteroatoms. The smallest absolute Gasteiger partial charge is 0.223 e. The van der Waals surface area contributed by atoms with E-state index in [1.54, 1.807) is 0 Å². The lowest BCUT2D eigenvalue weighted by Crippen LogP contribution is -2.39. The summed E-state index contributed by atoms with van der Waals surface area (Å²) < 4.78 is 0. The second-order valence-electron chi connectivity index (χ2n) is 5.15. The van der Waals surface area contributed by atoms with Gasteiger partial charge in [-0.25, -0.2) is 0 Å². The molecule has 1 heterocycles. The first-order valence-corrected chi connectivity index (χ1v) is 6.73. The highest BCUT2D eigenvalue weighted by atomic mass is 16.2. The molecule has 1 aliphatic heterocycles. The Labute approximate surface area is 103 Å². The Bertz CT molecular complexity index is 427. The van der Waals surface area contributed by atoms with Crippen molar-refractivity contribution in [3.8, 4) is 0 Å². The molecular formula is C15H19NO. The van der Waals surface area contributed by atoms with E-state index in [4.69, 9.17) is 0 Å². The fraction of sp³-hybridized carbons (Fsp3) is 0.533. The van der Waals surface area contributed by atoms with E-state index in [-0.39, 0.29) is 0 Å². The summed E-state index contributed by atoms with van der Waals surface area (Å²) in [5.41, 5.74) is 2.84. The number of hydrogen-bond donors (Lipinski definition) is 0. The molecule has 1 amide bonds. The molecule has 1 aromatic rings. The van der Waals surface area contributed by atoms with Crippen molar-refractivity contribution in [3.63, 3.8) is 0 Å². The van der Waals surface area contributed by atoms with Gasteiger partial charge in [-0.2, -0.15) is 0 Å². The quantitative estimate of drug-likeness (QED) is 0.724. The fourth-order valence-corrected chi connectivity index (χ4v) is 3.21. The van der Waals surface area contributed by atoms with Crippen molar-refractivity contribution < 1.29 is 4.79 Å². The zero-order chi connectivity index (χ0) is 11.7. The number of amides is 1. The van der Waals surface area contributed by atoms with Gasteiger partial charge in [0.05, 0.1) is 6.04 Å². The molecule has 1 aromatic carbocycles. The molecule has 1 fully saturated rings. The average molecular weight is 229 g/mol. The van der Waals surface area contributed by atoms with Crippen LogP contribution < -0.4 is 0 Å². The maximum absolute atomic E-state index is 12.0. The lowest BCUT2D eigenvalue weighted by molar-refractivity contribution is -0.136. The zero-order valence-corrected chi connectivity index (χ0v) is 10.2. The van der Waals surface area contributed by atoms with Crippen molar-refractivity contribution in [3.05, 3.63) is 35.4 Å². The van der Waals surface area contributed by atoms with Crippen molar-refractivity contribution >= 4 is 5.91 Å². The second kappa shape index (κ2) is 4.52. The number of fused-ring (bicyclic) bond motifs is 1. The van der Waals surface area contributed by atoms with Gasteiger partial charge in [-0.05, 0) is 43.2 Å². The van der Waals surface area contributed by atoms with Crippen LogP contribution in [0.2, 0.25) is 0 Å². The number of benzene rings is 1. The summed E-state index contributed by atoms with van der Waals surface area (Å²) in [6.07, 6.45) is 6.52. The van der Waals surface area contributed by atoms with Gasteiger partial charge in [0.1, 0.15) is 0 Å². The number of rotatable bonds is 1. The van der Waals surface area contributed by atoms with Gasteiger partial charge in [0, 0.05) is 13.0 Å². The third-order valence-corrected chi connectivity index (χ3v) is 4.07. The number of likely N-dealkylation sites (tertiary alicyclic amines) is 1. The summed E-state index contributed by atoms with van der Waals surface area (Å²) in [5, 5.41) is 0. The van der Waals surface area contributed by atoms with E-state index in [1.807, 2.05) is 0 Å². The number of hydrogen-bond acceptors (Lipinski definition) is 1. The van der Waals surface area contributed by atoms with Crippen molar-refractivity contribution in [2.24, 2.45) is 0 Å². The van der Waals surface area contributed by atoms with Crippen molar-refractivity contribution in [2.75, 3.05) is 6.54 Å². The fourth-order valence-electron chi connectivity index (χ4n) is 3.21. The normalized spacial score (nSPS) is 24.6. The van der Waals surface area contributed by atoms with Crippen LogP contribution in [0.3, 0.4) is 0 Å². The van der Waals surface area contributed by atoms with Gasteiger partial charge in [0.15, 0.2) is 0 Å². The maximum atomic E-state index is 12.0. The second-order valence-corrected chi connectivity index (χ2v) is 5.15. The van der Waals surface area contributed by atoms with E-state index < -0.39 is 0 Å². The summed E-state index contributed by atoms with van der Waals surface area (Å²) >= 11 is 0. The Morgan fingerprint density at radius 2 is 1.94 bits per heavy atom. The van der Waals surface area contributed by atoms with Crippen LogP contribution in [0, 0.1) is 0 Å². The van der Waals surface area contributed by atoms with Gasteiger partial charge in [0.2, 0.25) is 5.91 Å². The van der Waals surface area contributed by atoms with Gasteiger partial charge >= 0.3 is 0 Å². The first-order valence-electron chi connectivity index (χ1n) is 6.73. The predicted octanol–water partition coefficient (Wildman–Crippen LogP) is 3.08. The van der Waals surface area contributed by atoms with Gasteiger partial charge in [-0.1, -0.05) is 24.3 Å². The number of piperidine rings is 1. The van der Waals surface area contributed by atoms with Crippen LogP contribution in [0.4, 0.5) is 0 Å². The largest absolute Gasteiger partial charge is 0.336 e. The molecule has 0 unspecified atom stereocenters. The van der Waals surface area contributed by atoms with E-state index in [1.165, 1.54) is 30.4 Å². The molecule has 90 valence electrons. The van der Waals surface area contributed by atoms with Crippen LogP contribution >= 0.6 is 0 Å². The number of aryl methyl sites for hydroxylation is 1. The molecule has 1 atom stereocenters. The highest BCUT2D eigenvalue weighted by Crippen LogP contribution is 2.35. The highest BCUT2D eigenvalue weighted by Gasteiger charge is 2.30. The van der Waals surface area contributed by atoms with Crippen LogP contribution in [0.25, 0.3) is 0 Å². The van der Waals surface area contributed by atoms with Crippen LogP contribution in [-0.2, 0) is 11.2 Å². The molecule has 0 spiro atoms. The summed E-state index contributed by atoms with van der Waals surface area (Å²) in [4.78, 5) is 14.2. The minimum absolute atomic E-state index is 0.354. The number of carbonyl (C=O) groups is 1. The third-order valence-electron chi connectivity index (χ3n) is 4.07. The van der Waals surface area contributed by atoms with E-state index in [2.05, 4.69) is 29.2 Å². The molecule has 2 aliphatic rings. The Kier molecular flexibility index (Phi) is 2.87. The summed E-state index contributed by atoms with van der Waals surface area (Å²) in [5.74, 6) is 0.359. The Balaban J connectivity index is 1.91. The lowest BCUT2D eigenvalue weighted by Gasteiger charge is -2.38. The summed E-state index contributed by atoms with van der Waals surface area (Å²) in [6, 6.07) is 9.00. The number of carbonyl (C=O) groups excluding carboxylic acids is 1. The Morgan fingerprint density at radius 3 is 2.82 bits per heavy atom. The van der Waals surface area contributed by atoms with Crippen LogP contribution in [-0.4, -0.2) is 17.4 Å². The lowest BCUT2D eigenvalue weighted by atomic mass is 9.86. The molecule has 17 heavy (non-hydrogen) atoms. The zero-order valence-electron chi connectivity index (χ0n) is 10.2. The van der Waals surface area contributed by atoms with Crippen LogP contribution in [0.15, 0.2) is 24.3 Å². The van der Waals surface area contributed by atoms with Crippen molar-refractivity contribution in [1.82, 2.24) is 4.90 Å². The third kappa shape index (κ3) is 1.97. The Hall–Kier alpha value is -1.31. The average Bonchev–Trinajstić information content (AvgIpc) is 2.39. The van der Waals surface area contributed by atoms with Gasteiger partial charge in [-0.3, -0.25) is 4.79 Å². The van der Waals surface area contributed by atoms with Crippen LogP contribution in [0.1, 0.15) is 49.3 Å². The van der Waals surface area contributed by atoms with Crippen LogP contribution in [0.5, 0.6) is 0 Å². The van der Waals surface area contributed by atoms with Gasteiger partial charge < -0.3 is 4.90 Å². The molecule has 3 rings (SSSR count). The summed E-state index contributed by atoms with van der Waals surface area (Å²) in [7, 11) is 0. The van der Waals surface area contributed by atoms with Crippen molar-refractivity contribution in [2.45, 2.75) is 44.6 Å². The maximum Gasteiger partial charge on any atom is 0.223 e. The molecule has 2 nitrogen and oxygen atoms in total. The van der Waals surface area contributed by atoms with E-state index in [0.717, 1.165) is 25.8 Å². The molecule has 0 bridgehead atoms. The van der Waals surface area contributed by atoms with Gasteiger partial charge in [-0.15, -0.1) is 0 Å². The minimum atomic E-state index is 0.354. The highest BCUT2D eigenvalue weighted by molar-refractivity contribution is 5.77. The topological polar surface area (TPSA) is 20.3 Å². The predicted molar refractivity (Wildman–Crippen MR) is 67.7 cm³/mol.